The van der Waals surface area contributed by atoms with Gasteiger partial charge in [0, 0.05) is 0 Å². The van der Waals surface area contributed by atoms with Crippen LogP contribution in [0.2, 0.25) is 5.02 Å². The summed E-state index contributed by atoms with van der Waals surface area (Å²) in [6.45, 7) is 0. The maximum Gasteiger partial charge on any atom is 0.237 e. The van der Waals surface area contributed by atoms with Gasteiger partial charge in [-0.15, -0.1) is 0 Å². The van der Waals surface area contributed by atoms with Gasteiger partial charge in [-0.25, -0.2) is 4.90 Å². The van der Waals surface area contributed by atoms with Gasteiger partial charge >= 0.3 is 0 Å². The van der Waals surface area contributed by atoms with E-state index in [1.165, 1.54) is 12.1 Å². The van der Waals surface area contributed by atoms with E-state index in [2.05, 4.69) is 0 Å². The molecule has 4 nitrogen and oxygen atoms in total. The standard InChI is InChI=1S/C12H7ClN2O2/c13-9-2-1-6(5-14)3-10(9)15-11(16)7-4-8(7)12(15)17/h1-3,7-8H,4H2. The number of carbonyl (C=O) groups excluding carboxylic acids is 2. The maximum atomic E-state index is 11.9. The van der Waals surface area contributed by atoms with Crippen LogP contribution in [-0.4, -0.2) is 11.8 Å². The number of carbonyl (C=O) groups is 2. The van der Waals surface area contributed by atoms with Crippen LogP contribution in [0.25, 0.3) is 0 Å². The Morgan fingerprint density at radius 3 is 2.53 bits per heavy atom. The predicted molar refractivity (Wildman–Crippen MR) is 60.3 cm³/mol. The monoisotopic (exact) mass is 246 g/mol. The molecule has 0 aromatic heterocycles. The van der Waals surface area contributed by atoms with Gasteiger partial charge in [0.15, 0.2) is 0 Å². The molecule has 1 aliphatic heterocycles. The van der Waals surface area contributed by atoms with E-state index in [4.69, 9.17) is 16.9 Å². The molecule has 3 rings (SSSR count). The van der Waals surface area contributed by atoms with Gasteiger partial charge in [-0.05, 0) is 24.6 Å². The molecular weight excluding hydrogens is 240 g/mol. The fourth-order valence-electron chi connectivity index (χ4n) is 2.17. The number of imide groups is 1. The van der Waals surface area contributed by atoms with E-state index in [0.29, 0.717) is 22.7 Å². The number of nitrogens with zero attached hydrogens (tertiary/aromatic N) is 2. The maximum absolute atomic E-state index is 11.9. The summed E-state index contributed by atoms with van der Waals surface area (Å²) in [5.74, 6) is -0.720. The minimum absolute atomic E-state index is 0.163. The highest BCUT2D eigenvalue weighted by molar-refractivity contribution is 6.36. The summed E-state index contributed by atoms with van der Waals surface area (Å²) in [6.07, 6.45) is 0.656. The van der Waals surface area contributed by atoms with Crippen LogP contribution in [0.3, 0.4) is 0 Å². The normalized spacial score (nSPS) is 25.8. The lowest BCUT2D eigenvalue weighted by atomic mass is 10.2. The van der Waals surface area contributed by atoms with Gasteiger partial charge in [0.2, 0.25) is 11.8 Å². The summed E-state index contributed by atoms with van der Waals surface area (Å²) >= 11 is 5.97. The number of hydrogen-bond acceptors (Lipinski definition) is 3. The number of fused-ring (bicyclic) bond motifs is 1. The van der Waals surface area contributed by atoms with Gasteiger partial charge < -0.3 is 0 Å². The third-order valence-electron chi connectivity index (χ3n) is 3.18. The van der Waals surface area contributed by atoms with Crippen LogP contribution in [-0.2, 0) is 9.59 Å². The van der Waals surface area contributed by atoms with Crippen LogP contribution in [0.4, 0.5) is 5.69 Å². The van der Waals surface area contributed by atoms with Gasteiger partial charge in [0.1, 0.15) is 0 Å². The molecule has 1 aromatic carbocycles. The Morgan fingerprint density at radius 2 is 1.94 bits per heavy atom. The van der Waals surface area contributed by atoms with Crippen molar-refractivity contribution >= 4 is 29.1 Å². The molecule has 17 heavy (non-hydrogen) atoms. The lowest BCUT2D eigenvalue weighted by molar-refractivity contribution is -0.123. The van der Waals surface area contributed by atoms with Gasteiger partial charge in [-0.1, -0.05) is 11.6 Å². The molecule has 1 aromatic rings. The molecule has 2 fully saturated rings. The van der Waals surface area contributed by atoms with Gasteiger partial charge in [-0.2, -0.15) is 5.26 Å². The van der Waals surface area contributed by atoms with Crippen molar-refractivity contribution in [3.63, 3.8) is 0 Å². The number of piperidine rings is 1. The smallest absolute Gasteiger partial charge is 0.237 e. The molecule has 1 saturated carbocycles. The molecule has 2 atom stereocenters. The first-order valence-electron chi connectivity index (χ1n) is 5.21. The summed E-state index contributed by atoms with van der Waals surface area (Å²) in [5.41, 5.74) is 0.707. The fourth-order valence-corrected chi connectivity index (χ4v) is 2.37. The molecule has 0 bridgehead atoms. The quantitative estimate of drug-likeness (QED) is 0.709. The number of hydrogen-bond donors (Lipinski definition) is 0. The van der Waals surface area contributed by atoms with E-state index in [-0.39, 0.29) is 23.7 Å². The molecule has 1 saturated heterocycles. The average molecular weight is 247 g/mol. The van der Waals surface area contributed by atoms with Crippen LogP contribution < -0.4 is 4.90 Å². The Bertz CT molecular complexity index is 571. The fraction of sp³-hybridized carbons (Fsp3) is 0.250. The molecule has 2 unspecified atom stereocenters. The van der Waals surface area contributed by atoms with Crippen LogP contribution in [0, 0.1) is 23.2 Å². The zero-order valence-corrected chi connectivity index (χ0v) is 9.44. The summed E-state index contributed by atoms with van der Waals surface area (Å²) in [7, 11) is 0. The van der Waals surface area contributed by atoms with Crippen LogP contribution in [0.15, 0.2) is 18.2 Å². The molecule has 0 spiro atoms. The van der Waals surface area contributed by atoms with E-state index in [0.717, 1.165) is 4.90 Å². The SMILES string of the molecule is N#Cc1ccc(Cl)c(N2C(=O)C3CC3C2=O)c1. The Labute approximate surface area is 102 Å². The second-order valence-electron chi connectivity index (χ2n) is 4.24. The number of amides is 2. The van der Waals surface area contributed by atoms with E-state index in [1.807, 2.05) is 6.07 Å². The zero-order chi connectivity index (χ0) is 12.2. The average Bonchev–Trinajstić information content (AvgIpc) is 3.07. The first kappa shape index (κ1) is 10.3. The molecule has 1 aliphatic carbocycles. The van der Waals surface area contributed by atoms with E-state index in [9.17, 15) is 9.59 Å². The van der Waals surface area contributed by atoms with Crippen molar-refractivity contribution in [2.75, 3.05) is 4.90 Å². The van der Waals surface area contributed by atoms with Gasteiger partial charge in [0.25, 0.3) is 0 Å². The second kappa shape index (κ2) is 3.31. The third kappa shape index (κ3) is 1.36. The molecule has 0 N–H and O–H groups in total. The van der Waals surface area contributed by atoms with Crippen molar-refractivity contribution in [1.29, 1.82) is 5.26 Å². The highest BCUT2D eigenvalue weighted by Crippen LogP contribution is 2.49. The number of halogens is 1. The molecular formula is C12H7ClN2O2. The lowest BCUT2D eigenvalue weighted by Gasteiger charge is -2.17. The second-order valence-corrected chi connectivity index (χ2v) is 4.65. The molecule has 5 heteroatoms. The van der Waals surface area contributed by atoms with Crippen molar-refractivity contribution in [2.45, 2.75) is 6.42 Å². The summed E-state index contributed by atoms with van der Waals surface area (Å²) in [6, 6.07) is 6.52. The lowest BCUT2D eigenvalue weighted by Crippen LogP contribution is -2.33. The summed E-state index contributed by atoms with van der Waals surface area (Å²) in [4.78, 5) is 24.9. The first-order valence-corrected chi connectivity index (χ1v) is 5.58. The Balaban J connectivity index is 2.08. The number of anilines is 1. The first-order chi connectivity index (χ1) is 8.13. The topological polar surface area (TPSA) is 61.2 Å². The third-order valence-corrected chi connectivity index (χ3v) is 3.50. The molecule has 84 valence electrons. The highest BCUT2D eigenvalue weighted by atomic mass is 35.5. The zero-order valence-electron chi connectivity index (χ0n) is 8.68. The van der Waals surface area contributed by atoms with Crippen molar-refractivity contribution in [3.8, 4) is 6.07 Å². The summed E-state index contributed by atoms with van der Waals surface area (Å²) < 4.78 is 0. The largest absolute Gasteiger partial charge is 0.274 e. The van der Waals surface area contributed by atoms with Crippen molar-refractivity contribution in [2.24, 2.45) is 11.8 Å². The highest BCUT2D eigenvalue weighted by Gasteiger charge is 2.59. The van der Waals surface area contributed by atoms with Gasteiger partial charge in [0.05, 0.1) is 34.2 Å². The number of rotatable bonds is 1. The minimum atomic E-state index is -0.197. The molecule has 2 amide bonds. The van der Waals surface area contributed by atoms with E-state index >= 15 is 0 Å². The Hall–Kier alpha value is -1.86. The van der Waals surface area contributed by atoms with Crippen molar-refractivity contribution in [3.05, 3.63) is 28.8 Å². The van der Waals surface area contributed by atoms with Gasteiger partial charge in [-0.3, -0.25) is 9.59 Å². The van der Waals surface area contributed by atoms with Crippen LogP contribution in [0.1, 0.15) is 12.0 Å². The van der Waals surface area contributed by atoms with Crippen LogP contribution in [0.5, 0.6) is 0 Å². The number of benzene rings is 1. The summed E-state index contributed by atoms with van der Waals surface area (Å²) in [5, 5.41) is 9.12. The minimum Gasteiger partial charge on any atom is -0.274 e. The van der Waals surface area contributed by atoms with E-state index in [1.54, 1.807) is 6.07 Å². The Kier molecular flexibility index (Phi) is 2.01. The van der Waals surface area contributed by atoms with Crippen molar-refractivity contribution in [1.82, 2.24) is 0 Å². The Morgan fingerprint density at radius 1 is 1.29 bits per heavy atom. The molecule has 0 radical (unpaired) electrons. The van der Waals surface area contributed by atoms with Crippen LogP contribution >= 0.6 is 11.6 Å². The molecule has 2 aliphatic rings. The predicted octanol–water partition coefficient (Wildman–Crippen LogP) is 1.72. The number of nitriles is 1. The molecule has 1 heterocycles. The van der Waals surface area contributed by atoms with Crippen molar-refractivity contribution < 1.29 is 9.59 Å². The van der Waals surface area contributed by atoms with E-state index < -0.39 is 0 Å².